The molecule has 4 heteroatoms. The van der Waals surface area contributed by atoms with Gasteiger partial charge in [0.15, 0.2) is 0 Å². The van der Waals surface area contributed by atoms with Crippen molar-refractivity contribution in [1.29, 1.82) is 0 Å². The van der Waals surface area contributed by atoms with Gasteiger partial charge < -0.3 is 5.73 Å². The summed E-state index contributed by atoms with van der Waals surface area (Å²) in [6, 6.07) is 0. The Hall–Kier alpha value is -1.32. The van der Waals surface area contributed by atoms with Crippen molar-refractivity contribution < 1.29 is 4.79 Å². The van der Waals surface area contributed by atoms with Crippen LogP contribution in [-0.4, -0.2) is 15.7 Å². The fraction of sp³-hybridized carbons (Fsp3) is 0.600. The van der Waals surface area contributed by atoms with Gasteiger partial charge in [0.05, 0.1) is 6.20 Å². The van der Waals surface area contributed by atoms with Crippen LogP contribution < -0.4 is 5.73 Å². The van der Waals surface area contributed by atoms with Crippen LogP contribution in [0.1, 0.15) is 24.1 Å². The number of carbonyl (C=O) groups excluding carboxylic acids is 1. The van der Waals surface area contributed by atoms with Gasteiger partial charge in [-0.3, -0.25) is 9.48 Å². The van der Waals surface area contributed by atoms with Gasteiger partial charge in [-0.1, -0.05) is 0 Å². The van der Waals surface area contributed by atoms with E-state index in [2.05, 4.69) is 5.10 Å². The molecular formula is C10H15N3O. The number of hydrogen-bond donors (Lipinski definition) is 1. The third kappa shape index (κ3) is 1.52. The molecule has 1 aliphatic rings. The summed E-state index contributed by atoms with van der Waals surface area (Å²) in [5, 5.41) is 4.20. The van der Waals surface area contributed by atoms with Crippen LogP contribution in [0.2, 0.25) is 0 Å². The maximum Gasteiger partial charge on any atom is 0.220 e. The number of nitrogens with zero attached hydrogens (tertiary/aromatic N) is 2. The zero-order chi connectivity index (χ0) is 10.1. The molecule has 0 saturated carbocycles. The summed E-state index contributed by atoms with van der Waals surface area (Å²) >= 11 is 0. The second kappa shape index (κ2) is 3.44. The first-order chi connectivity index (χ1) is 6.68. The van der Waals surface area contributed by atoms with Gasteiger partial charge in [0.1, 0.15) is 0 Å². The van der Waals surface area contributed by atoms with Gasteiger partial charge in [0, 0.05) is 25.1 Å². The van der Waals surface area contributed by atoms with Crippen molar-refractivity contribution in [2.45, 2.75) is 25.7 Å². The molecule has 0 radical (unpaired) electrons. The number of aromatic nitrogens is 2. The lowest BCUT2D eigenvalue weighted by Gasteiger charge is -2.09. The maximum atomic E-state index is 11.1. The topological polar surface area (TPSA) is 60.9 Å². The van der Waals surface area contributed by atoms with E-state index in [0.29, 0.717) is 0 Å². The average Bonchev–Trinajstić information content (AvgIpc) is 2.40. The molecule has 1 atom stereocenters. The van der Waals surface area contributed by atoms with E-state index >= 15 is 0 Å². The van der Waals surface area contributed by atoms with Gasteiger partial charge in [0.2, 0.25) is 5.91 Å². The fourth-order valence-corrected chi connectivity index (χ4v) is 2.10. The number of nitrogens with two attached hydrogens (primary N) is 1. The summed E-state index contributed by atoms with van der Waals surface area (Å²) in [7, 11) is 1.92. The predicted molar refractivity (Wildman–Crippen MR) is 52.5 cm³/mol. The van der Waals surface area contributed by atoms with Crippen molar-refractivity contribution in [3.63, 3.8) is 0 Å². The Balaban J connectivity index is 2.29. The zero-order valence-corrected chi connectivity index (χ0v) is 8.36. The van der Waals surface area contributed by atoms with Crippen LogP contribution in [0.3, 0.4) is 0 Å². The maximum absolute atomic E-state index is 11.1. The van der Waals surface area contributed by atoms with E-state index in [-0.39, 0.29) is 11.8 Å². The number of hydrogen-bond acceptors (Lipinski definition) is 2. The molecule has 1 aromatic rings. The van der Waals surface area contributed by atoms with Crippen LogP contribution in [0.15, 0.2) is 6.20 Å². The largest absolute Gasteiger partial charge is 0.369 e. The third-order valence-electron chi connectivity index (χ3n) is 2.99. The zero-order valence-electron chi connectivity index (χ0n) is 8.36. The van der Waals surface area contributed by atoms with Crippen molar-refractivity contribution in [3.05, 3.63) is 17.5 Å². The molecule has 2 N–H and O–H groups in total. The molecule has 0 aliphatic heterocycles. The average molecular weight is 193 g/mol. The smallest absolute Gasteiger partial charge is 0.220 e. The minimum Gasteiger partial charge on any atom is -0.369 e. The minimum atomic E-state index is -0.181. The van der Waals surface area contributed by atoms with Gasteiger partial charge >= 0.3 is 0 Å². The van der Waals surface area contributed by atoms with Crippen molar-refractivity contribution in [2.24, 2.45) is 18.7 Å². The second-order valence-corrected chi connectivity index (χ2v) is 3.94. The minimum absolute atomic E-state index is 0.00773. The number of carbonyl (C=O) groups is 1. The molecule has 0 fully saturated rings. The van der Waals surface area contributed by atoms with Crippen molar-refractivity contribution in [2.75, 3.05) is 0 Å². The van der Waals surface area contributed by atoms with Crippen LogP contribution >= 0.6 is 0 Å². The van der Waals surface area contributed by atoms with Gasteiger partial charge in [-0.05, 0) is 24.8 Å². The first kappa shape index (κ1) is 9.24. The Labute approximate surface area is 83.1 Å². The van der Waals surface area contributed by atoms with Gasteiger partial charge in [-0.25, -0.2) is 0 Å². The highest BCUT2D eigenvalue weighted by Crippen LogP contribution is 2.23. The lowest BCUT2D eigenvalue weighted by Crippen LogP contribution is -2.25. The lowest BCUT2D eigenvalue weighted by atomic mass is 9.99. The van der Waals surface area contributed by atoms with E-state index < -0.39 is 0 Å². The van der Waals surface area contributed by atoms with Crippen molar-refractivity contribution >= 4 is 5.91 Å². The molecule has 1 amide bonds. The molecule has 0 saturated heterocycles. The summed E-state index contributed by atoms with van der Waals surface area (Å²) in [6.45, 7) is 0. The van der Waals surface area contributed by atoms with Crippen LogP contribution in [0, 0.1) is 5.92 Å². The van der Waals surface area contributed by atoms with E-state index in [1.165, 1.54) is 11.3 Å². The Morgan fingerprint density at radius 1 is 1.71 bits per heavy atom. The van der Waals surface area contributed by atoms with Crippen LogP contribution in [0.25, 0.3) is 0 Å². The van der Waals surface area contributed by atoms with Crippen molar-refractivity contribution in [1.82, 2.24) is 9.78 Å². The number of aryl methyl sites for hydroxylation is 2. The lowest BCUT2D eigenvalue weighted by molar-refractivity contribution is -0.122. The molecule has 1 aromatic heterocycles. The highest BCUT2D eigenvalue weighted by atomic mass is 16.1. The molecule has 1 heterocycles. The number of fused-ring (bicyclic) bond motifs is 1. The summed E-state index contributed by atoms with van der Waals surface area (Å²) < 4.78 is 1.86. The molecule has 76 valence electrons. The fourth-order valence-electron chi connectivity index (χ4n) is 2.10. The van der Waals surface area contributed by atoms with Gasteiger partial charge in [-0.2, -0.15) is 5.10 Å². The van der Waals surface area contributed by atoms with E-state index in [4.69, 9.17) is 5.73 Å². The van der Waals surface area contributed by atoms with Crippen LogP contribution in [0.4, 0.5) is 0 Å². The summed E-state index contributed by atoms with van der Waals surface area (Å²) in [4.78, 5) is 11.1. The SMILES string of the molecule is Cn1ncc2c1C[C@H](C(N)=O)CCC2. The normalized spacial score (nSPS) is 21.4. The van der Waals surface area contributed by atoms with Gasteiger partial charge in [0.25, 0.3) is 0 Å². The molecule has 0 unspecified atom stereocenters. The predicted octanol–water partition coefficient (Wildman–Crippen LogP) is 0.400. The summed E-state index contributed by atoms with van der Waals surface area (Å²) in [6.07, 6.45) is 5.61. The number of rotatable bonds is 1. The molecule has 0 aromatic carbocycles. The van der Waals surface area contributed by atoms with E-state index in [1.807, 2.05) is 17.9 Å². The van der Waals surface area contributed by atoms with E-state index in [9.17, 15) is 4.79 Å². The Morgan fingerprint density at radius 2 is 2.50 bits per heavy atom. The Morgan fingerprint density at radius 3 is 3.21 bits per heavy atom. The third-order valence-corrected chi connectivity index (χ3v) is 2.99. The van der Waals surface area contributed by atoms with E-state index in [0.717, 1.165) is 25.7 Å². The monoisotopic (exact) mass is 193 g/mol. The molecule has 0 spiro atoms. The molecule has 14 heavy (non-hydrogen) atoms. The van der Waals surface area contributed by atoms with Crippen LogP contribution in [-0.2, 0) is 24.7 Å². The molecular weight excluding hydrogens is 178 g/mol. The van der Waals surface area contributed by atoms with E-state index in [1.54, 1.807) is 0 Å². The highest BCUT2D eigenvalue weighted by molar-refractivity contribution is 5.77. The summed E-state index contributed by atoms with van der Waals surface area (Å²) in [5.74, 6) is -0.189. The van der Waals surface area contributed by atoms with Crippen LogP contribution in [0.5, 0.6) is 0 Å². The summed E-state index contributed by atoms with van der Waals surface area (Å²) in [5.41, 5.74) is 7.79. The first-order valence-corrected chi connectivity index (χ1v) is 4.97. The quantitative estimate of drug-likeness (QED) is 0.656. The number of amides is 1. The second-order valence-electron chi connectivity index (χ2n) is 3.94. The Bertz CT molecular complexity index is 356. The molecule has 4 nitrogen and oxygen atoms in total. The standard InChI is InChI=1S/C10H15N3O/c1-13-9-5-7(10(11)14)3-2-4-8(9)6-12-13/h6-7H,2-5H2,1H3,(H2,11,14)/t7-/m1/s1. The number of primary amides is 1. The highest BCUT2D eigenvalue weighted by Gasteiger charge is 2.23. The molecule has 0 bridgehead atoms. The molecule has 2 rings (SSSR count). The Kier molecular flexibility index (Phi) is 2.27. The van der Waals surface area contributed by atoms with Crippen molar-refractivity contribution in [3.8, 4) is 0 Å². The van der Waals surface area contributed by atoms with Gasteiger partial charge in [-0.15, -0.1) is 0 Å². The first-order valence-electron chi connectivity index (χ1n) is 4.97. The molecule has 1 aliphatic carbocycles.